The van der Waals surface area contributed by atoms with Gasteiger partial charge in [-0.1, -0.05) is 0 Å². The molecule has 0 atom stereocenters. The van der Waals surface area contributed by atoms with Crippen LogP contribution in [0.5, 0.6) is 17.2 Å². The maximum Gasteiger partial charge on any atom is 0.148 e. The second kappa shape index (κ2) is 5.61. The Bertz CT molecular complexity index is 568. The van der Waals surface area contributed by atoms with Crippen LogP contribution in [0.4, 0.5) is 5.69 Å². The minimum atomic E-state index is 0.0673. The minimum Gasteiger partial charge on any atom is -0.489 e. The topological polar surface area (TPSA) is 57.4 Å². The van der Waals surface area contributed by atoms with E-state index >= 15 is 0 Å². The monoisotopic (exact) mass is 258 g/mol. The second-order valence-corrected chi connectivity index (χ2v) is 4.56. The van der Waals surface area contributed by atoms with Gasteiger partial charge in [0.1, 0.15) is 17.2 Å². The Hall–Kier alpha value is -2.23. The number of anilines is 1. The highest BCUT2D eigenvalue weighted by Gasteiger charge is 2.07. The first-order chi connectivity index (χ1) is 9.06. The molecular weight excluding hydrogens is 240 g/mol. The summed E-state index contributed by atoms with van der Waals surface area (Å²) in [5.41, 5.74) is 7.31. The summed E-state index contributed by atoms with van der Waals surface area (Å²) in [5.74, 6) is 2.04. The Morgan fingerprint density at radius 3 is 2.63 bits per heavy atom. The van der Waals surface area contributed by atoms with Crippen molar-refractivity contribution in [2.24, 2.45) is 0 Å². The molecule has 0 aliphatic rings. The quantitative estimate of drug-likeness (QED) is 0.852. The average molecular weight is 258 g/mol. The minimum absolute atomic E-state index is 0.0673. The van der Waals surface area contributed by atoms with E-state index in [0.717, 1.165) is 11.4 Å². The van der Waals surface area contributed by atoms with E-state index in [9.17, 15) is 0 Å². The van der Waals surface area contributed by atoms with Crippen LogP contribution in [-0.2, 0) is 0 Å². The molecule has 19 heavy (non-hydrogen) atoms. The number of nitrogens with zero attached hydrogens (tertiary/aromatic N) is 1. The van der Waals surface area contributed by atoms with E-state index in [4.69, 9.17) is 15.2 Å². The van der Waals surface area contributed by atoms with Crippen LogP contribution in [0.15, 0.2) is 36.5 Å². The maximum absolute atomic E-state index is 5.87. The zero-order chi connectivity index (χ0) is 13.8. The van der Waals surface area contributed by atoms with Gasteiger partial charge in [0.15, 0.2) is 0 Å². The summed E-state index contributed by atoms with van der Waals surface area (Å²) in [6.45, 7) is 5.81. The third-order valence-electron chi connectivity index (χ3n) is 2.53. The Morgan fingerprint density at radius 2 is 1.95 bits per heavy atom. The second-order valence-electron chi connectivity index (χ2n) is 4.56. The molecule has 4 nitrogen and oxygen atoms in total. The van der Waals surface area contributed by atoms with Gasteiger partial charge in [-0.2, -0.15) is 0 Å². The number of nitrogen functional groups attached to an aromatic ring is 1. The van der Waals surface area contributed by atoms with Crippen molar-refractivity contribution in [3.63, 3.8) is 0 Å². The molecule has 0 aliphatic carbocycles. The summed E-state index contributed by atoms with van der Waals surface area (Å²) < 4.78 is 11.4. The van der Waals surface area contributed by atoms with E-state index in [2.05, 4.69) is 4.98 Å². The fourth-order valence-electron chi connectivity index (χ4n) is 1.64. The largest absolute Gasteiger partial charge is 0.489 e. The van der Waals surface area contributed by atoms with Gasteiger partial charge in [-0.3, -0.25) is 4.98 Å². The Labute approximate surface area is 113 Å². The van der Waals surface area contributed by atoms with Crippen molar-refractivity contribution in [2.45, 2.75) is 26.9 Å². The summed E-state index contributed by atoms with van der Waals surface area (Å²) in [6, 6.07) is 9.10. The van der Waals surface area contributed by atoms with Crippen LogP contribution in [0, 0.1) is 6.92 Å². The molecule has 0 spiro atoms. The van der Waals surface area contributed by atoms with Crippen LogP contribution in [0.25, 0.3) is 0 Å². The first-order valence-electron chi connectivity index (χ1n) is 6.22. The molecule has 0 bridgehead atoms. The van der Waals surface area contributed by atoms with Crippen molar-refractivity contribution in [2.75, 3.05) is 5.73 Å². The molecule has 0 fully saturated rings. The molecule has 1 heterocycles. The summed E-state index contributed by atoms with van der Waals surface area (Å²) in [5, 5.41) is 0. The molecule has 0 saturated carbocycles. The summed E-state index contributed by atoms with van der Waals surface area (Å²) in [6.07, 6.45) is 1.80. The first kappa shape index (κ1) is 13.2. The fraction of sp³-hybridized carbons (Fsp3) is 0.267. The van der Waals surface area contributed by atoms with Crippen LogP contribution in [0.1, 0.15) is 19.5 Å². The number of hydrogen-bond donors (Lipinski definition) is 1. The van der Waals surface area contributed by atoms with E-state index in [1.54, 1.807) is 18.3 Å². The molecule has 1 aromatic heterocycles. The lowest BCUT2D eigenvalue weighted by Crippen LogP contribution is -2.07. The molecule has 0 saturated heterocycles. The predicted octanol–water partition coefficient (Wildman–Crippen LogP) is 3.55. The Kier molecular flexibility index (Phi) is 3.90. The number of ether oxygens (including phenoxy) is 2. The summed E-state index contributed by atoms with van der Waals surface area (Å²) in [4.78, 5) is 4.18. The summed E-state index contributed by atoms with van der Waals surface area (Å²) in [7, 11) is 0. The van der Waals surface area contributed by atoms with Gasteiger partial charge >= 0.3 is 0 Å². The van der Waals surface area contributed by atoms with Gasteiger partial charge in [-0.15, -0.1) is 0 Å². The highest BCUT2D eigenvalue weighted by atomic mass is 16.5. The van der Waals surface area contributed by atoms with Gasteiger partial charge in [0, 0.05) is 12.3 Å². The lowest BCUT2D eigenvalue weighted by molar-refractivity contribution is 0.243. The van der Waals surface area contributed by atoms with Crippen molar-refractivity contribution in [3.05, 3.63) is 42.2 Å². The maximum atomic E-state index is 5.87. The average Bonchev–Trinajstić information content (AvgIpc) is 2.35. The molecule has 2 N–H and O–H groups in total. The molecule has 0 unspecified atom stereocenters. The lowest BCUT2D eigenvalue weighted by atomic mass is 10.2. The molecule has 0 radical (unpaired) electrons. The number of pyridine rings is 1. The van der Waals surface area contributed by atoms with Gasteiger partial charge in [0.2, 0.25) is 0 Å². The van der Waals surface area contributed by atoms with Crippen LogP contribution >= 0.6 is 0 Å². The van der Waals surface area contributed by atoms with Crippen LogP contribution in [0.2, 0.25) is 0 Å². The number of aromatic nitrogens is 1. The van der Waals surface area contributed by atoms with E-state index < -0.39 is 0 Å². The van der Waals surface area contributed by atoms with Crippen molar-refractivity contribution < 1.29 is 9.47 Å². The number of aryl methyl sites for hydroxylation is 1. The smallest absolute Gasteiger partial charge is 0.148 e. The van der Waals surface area contributed by atoms with E-state index in [0.29, 0.717) is 17.2 Å². The third kappa shape index (κ3) is 3.37. The molecule has 4 heteroatoms. The fourth-order valence-corrected chi connectivity index (χ4v) is 1.64. The van der Waals surface area contributed by atoms with Gasteiger partial charge < -0.3 is 15.2 Å². The first-order valence-corrected chi connectivity index (χ1v) is 6.22. The van der Waals surface area contributed by atoms with E-state index in [1.165, 1.54) is 0 Å². The Morgan fingerprint density at radius 1 is 1.16 bits per heavy atom. The Balaban J connectivity index is 2.24. The highest BCUT2D eigenvalue weighted by Crippen LogP contribution is 2.31. The van der Waals surface area contributed by atoms with E-state index in [1.807, 2.05) is 39.0 Å². The molecule has 2 aromatic rings. The SMILES string of the molecule is Cc1ncccc1Oc1ccc(N)c(OC(C)C)c1. The number of nitrogens with two attached hydrogens (primary N) is 1. The summed E-state index contributed by atoms with van der Waals surface area (Å²) >= 11 is 0. The number of hydrogen-bond acceptors (Lipinski definition) is 4. The number of benzene rings is 1. The molecule has 0 amide bonds. The lowest BCUT2D eigenvalue weighted by Gasteiger charge is -2.14. The number of rotatable bonds is 4. The molecule has 100 valence electrons. The van der Waals surface area contributed by atoms with Gasteiger partial charge in [0.05, 0.1) is 17.5 Å². The van der Waals surface area contributed by atoms with Crippen molar-refractivity contribution in [1.82, 2.24) is 4.98 Å². The standard InChI is InChI=1S/C15H18N2O2/c1-10(2)18-15-9-12(6-7-13(15)16)19-14-5-4-8-17-11(14)3/h4-10H,16H2,1-3H3. The zero-order valence-electron chi connectivity index (χ0n) is 11.4. The van der Waals surface area contributed by atoms with Crippen molar-refractivity contribution in [1.29, 1.82) is 0 Å². The van der Waals surface area contributed by atoms with Crippen LogP contribution in [0.3, 0.4) is 0 Å². The molecule has 2 rings (SSSR count). The highest BCUT2D eigenvalue weighted by molar-refractivity contribution is 5.56. The predicted molar refractivity (Wildman–Crippen MR) is 75.7 cm³/mol. The normalized spacial score (nSPS) is 10.5. The molecule has 1 aromatic carbocycles. The third-order valence-corrected chi connectivity index (χ3v) is 2.53. The van der Waals surface area contributed by atoms with Gasteiger partial charge in [0.25, 0.3) is 0 Å². The van der Waals surface area contributed by atoms with Gasteiger partial charge in [-0.05, 0) is 45.0 Å². The van der Waals surface area contributed by atoms with Gasteiger partial charge in [-0.25, -0.2) is 0 Å². The van der Waals surface area contributed by atoms with E-state index in [-0.39, 0.29) is 6.10 Å². The van der Waals surface area contributed by atoms with Crippen molar-refractivity contribution in [3.8, 4) is 17.2 Å². The van der Waals surface area contributed by atoms with Crippen molar-refractivity contribution >= 4 is 5.69 Å². The van der Waals surface area contributed by atoms with Crippen LogP contribution < -0.4 is 15.2 Å². The molecular formula is C15H18N2O2. The van der Waals surface area contributed by atoms with Crippen LogP contribution in [-0.4, -0.2) is 11.1 Å². The zero-order valence-corrected chi connectivity index (χ0v) is 11.4. The molecule has 0 aliphatic heterocycles.